The molecule has 2 aromatic carbocycles. The van der Waals surface area contributed by atoms with Crippen LogP contribution >= 0.6 is 11.6 Å². The first kappa shape index (κ1) is 13.4. The number of nitrogens with one attached hydrogen (secondary N) is 2. The number of amides is 1. The molecule has 2 aromatic rings. The van der Waals surface area contributed by atoms with Crippen molar-refractivity contribution in [2.45, 2.75) is 6.92 Å². The fraction of sp³-hybridized carbons (Fsp3) is 0.133. The van der Waals surface area contributed by atoms with Gasteiger partial charge in [0.2, 0.25) is 5.91 Å². The number of hydrogen-bond acceptors (Lipinski definition) is 2. The first-order chi connectivity index (χ1) is 9.15. The molecule has 0 unspecified atom stereocenters. The van der Waals surface area contributed by atoms with Gasteiger partial charge in [-0.2, -0.15) is 0 Å². The van der Waals surface area contributed by atoms with E-state index in [1.54, 1.807) is 6.07 Å². The molecule has 0 aromatic heterocycles. The summed E-state index contributed by atoms with van der Waals surface area (Å²) in [7, 11) is 0. The highest BCUT2D eigenvalue weighted by Crippen LogP contribution is 2.20. The highest BCUT2D eigenvalue weighted by Gasteiger charge is 2.04. The van der Waals surface area contributed by atoms with Crippen molar-refractivity contribution < 1.29 is 4.79 Å². The third-order valence-corrected chi connectivity index (χ3v) is 2.94. The van der Waals surface area contributed by atoms with E-state index in [-0.39, 0.29) is 12.5 Å². The van der Waals surface area contributed by atoms with Crippen LogP contribution in [-0.4, -0.2) is 12.5 Å². The van der Waals surface area contributed by atoms with Crippen molar-refractivity contribution >= 4 is 28.9 Å². The number of carbonyl (C=O) groups is 1. The summed E-state index contributed by atoms with van der Waals surface area (Å²) in [6.45, 7) is 2.16. The number of halogens is 1. The van der Waals surface area contributed by atoms with Crippen LogP contribution in [0.5, 0.6) is 0 Å². The van der Waals surface area contributed by atoms with Gasteiger partial charge in [0.15, 0.2) is 0 Å². The van der Waals surface area contributed by atoms with E-state index in [1.165, 1.54) is 0 Å². The van der Waals surface area contributed by atoms with Crippen molar-refractivity contribution in [1.29, 1.82) is 0 Å². The molecule has 19 heavy (non-hydrogen) atoms. The summed E-state index contributed by atoms with van der Waals surface area (Å²) < 4.78 is 0. The van der Waals surface area contributed by atoms with Crippen LogP contribution in [0, 0.1) is 6.92 Å². The molecule has 2 N–H and O–H groups in total. The molecule has 3 nitrogen and oxygen atoms in total. The third-order valence-electron chi connectivity index (χ3n) is 2.62. The second-order valence-electron chi connectivity index (χ2n) is 4.25. The van der Waals surface area contributed by atoms with E-state index in [1.807, 2.05) is 49.4 Å². The van der Waals surface area contributed by atoms with Gasteiger partial charge in [0.25, 0.3) is 0 Å². The summed E-state index contributed by atoms with van der Waals surface area (Å²) in [5.74, 6) is -0.106. The number of aryl methyl sites for hydroxylation is 1. The molecule has 0 spiro atoms. The van der Waals surface area contributed by atoms with Gasteiger partial charge in [0.1, 0.15) is 0 Å². The van der Waals surface area contributed by atoms with Gasteiger partial charge in [0.05, 0.1) is 17.3 Å². The summed E-state index contributed by atoms with van der Waals surface area (Å²) in [4.78, 5) is 11.8. The van der Waals surface area contributed by atoms with E-state index in [2.05, 4.69) is 10.6 Å². The van der Waals surface area contributed by atoms with Crippen LogP contribution in [0.4, 0.5) is 11.4 Å². The van der Waals surface area contributed by atoms with Gasteiger partial charge in [-0.05, 0) is 36.8 Å². The monoisotopic (exact) mass is 274 g/mol. The van der Waals surface area contributed by atoms with Crippen LogP contribution < -0.4 is 10.6 Å². The average Bonchev–Trinajstić information content (AvgIpc) is 2.38. The molecule has 0 radical (unpaired) electrons. The Hall–Kier alpha value is -2.00. The molecule has 0 aliphatic rings. The fourth-order valence-corrected chi connectivity index (χ4v) is 1.91. The zero-order valence-corrected chi connectivity index (χ0v) is 11.4. The van der Waals surface area contributed by atoms with E-state index >= 15 is 0 Å². The lowest BCUT2D eigenvalue weighted by atomic mass is 10.2. The second-order valence-corrected chi connectivity index (χ2v) is 4.66. The minimum absolute atomic E-state index is 0.106. The smallest absolute Gasteiger partial charge is 0.243 e. The Kier molecular flexibility index (Phi) is 4.42. The molecule has 0 aliphatic heterocycles. The van der Waals surface area contributed by atoms with Crippen molar-refractivity contribution in [2.75, 3.05) is 17.2 Å². The predicted molar refractivity (Wildman–Crippen MR) is 79.8 cm³/mol. The van der Waals surface area contributed by atoms with Crippen LogP contribution in [0.1, 0.15) is 5.56 Å². The van der Waals surface area contributed by atoms with Crippen molar-refractivity contribution in [2.24, 2.45) is 0 Å². The Morgan fingerprint density at radius 2 is 1.95 bits per heavy atom. The maximum absolute atomic E-state index is 11.8. The van der Waals surface area contributed by atoms with Gasteiger partial charge in [-0.1, -0.05) is 35.9 Å². The predicted octanol–water partition coefficient (Wildman–Crippen LogP) is 3.70. The van der Waals surface area contributed by atoms with Crippen molar-refractivity contribution in [3.05, 3.63) is 59.1 Å². The lowest BCUT2D eigenvalue weighted by molar-refractivity contribution is -0.114. The second kappa shape index (κ2) is 6.25. The molecular formula is C15H15ClN2O. The minimum Gasteiger partial charge on any atom is -0.375 e. The Morgan fingerprint density at radius 3 is 2.68 bits per heavy atom. The highest BCUT2D eigenvalue weighted by atomic mass is 35.5. The summed E-state index contributed by atoms with van der Waals surface area (Å²) in [6.07, 6.45) is 0. The number of carbonyl (C=O) groups excluding carboxylic acids is 1. The first-order valence-corrected chi connectivity index (χ1v) is 6.38. The van der Waals surface area contributed by atoms with Crippen LogP contribution in [0.3, 0.4) is 0 Å². The molecule has 0 atom stereocenters. The van der Waals surface area contributed by atoms with Gasteiger partial charge in [-0.3, -0.25) is 4.79 Å². The summed E-state index contributed by atoms with van der Waals surface area (Å²) in [5, 5.41) is 6.43. The Morgan fingerprint density at radius 1 is 1.16 bits per heavy atom. The minimum atomic E-state index is -0.106. The summed E-state index contributed by atoms with van der Waals surface area (Å²) in [6, 6.07) is 15.0. The molecule has 0 fully saturated rings. The summed E-state index contributed by atoms with van der Waals surface area (Å²) in [5.41, 5.74) is 2.66. The summed E-state index contributed by atoms with van der Waals surface area (Å²) >= 11 is 5.99. The zero-order chi connectivity index (χ0) is 13.7. The quantitative estimate of drug-likeness (QED) is 0.893. The molecule has 0 heterocycles. The van der Waals surface area contributed by atoms with E-state index < -0.39 is 0 Å². The normalized spacial score (nSPS) is 10.0. The van der Waals surface area contributed by atoms with Crippen LogP contribution in [-0.2, 0) is 4.79 Å². The van der Waals surface area contributed by atoms with E-state index in [0.717, 1.165) is 16.9 Å². The van der Waals surface area contributed by atoms with Crippen LogP contribution in [0.25, 0.3) is 0 Å². The Bertz CT molecular complexity index is 584. The molecule has 0 saturated heterocycles. The lowest BCUT2D eigenvalue weighted by Gasteiger charge is -2.09. The van der Waals surface area contributed by atoms with E-state index in [0.29, 0.717) is 5.02 Å². The van der Waals surface area contributed by atoms with Gasteiger partial charge in [0, 0.05) is 5.69 Å². The Balaban J connectivity index is 1.90. The van der Waals surface area contributed by atoms with Crippen molar-refractivity contribution in [3.8, 4) is 0 Å². The Labute approximate surface area is 117 Å². The number of para-hydroxylation sites is 1. The van der Waals surface area contributed by atoms with Crippen molar-refractivity contribution in [3.63, 3.8) is 0 Å². The topological polar surface area (TPSA) is 41.1 Å². The molecule has 98 valence electrons. The maximum atomic E-state index is 11.8. The molecule has 0 saturated carbocycles. The largest absolute Gasteiger partial charge is 0.375 e. The molecular weight excluding hydrogens is 260 g/mol. The van der Waals surface area contributed by atoms with Gasteiger partial charge in [-0.25, -0.2) is 0 Å². The average molecular weight is 275 g/mol. The molecule has 2 rings (SSSR count). The van der Waals surface area contributed by atoms with Gasteiger partial charge >= 0.3 is 0 Å². The van der Waals surface area contributed by atoms with E-state index in [4.69, 9.17) is 11.6 Å². The zero-order valence-electron chi connectivity index (χ0n) is 10.6. The van der Waals surface area contributed by atoms with Crippen LogP contribution in [0.2, 0.25) is 5.02 Å². The maximum Gasteiger partial charge on any atom is 0.243 e. The number of rotatable bonds is 4. The molecule has 0 bridgehead atoms. The number of benzene rings is 2. The number of hydrogen-bond donors (Lipinski definition) is 2. The third kappa shape index (κ3) is 4.00. The number of anilines is 2. The SMILES string of the molecule is Cc1cccc(NC(=O)CNc2ccccc2Cl)c1. The molecule has 1 amide bonds. The fourth-order valence-electron chi connectivity index (χ4n) is 1.71. The lowest BCUT2D eigenvalue weighted by Crippen LogP contribution is -2.21. The molecule has 0 aliphatic carbocycles. The van der Waals surface area contributed by atoms with E-state index in [9.17, 15) is 4.79 Å². The van der Waals surface area contributed by atoms with Gasteiger partial charge in [-0.15, -0.1) is 0 Å². The van der Waals surface area contributed by atoms with Gasteiger partial charge < -0.3 is 10.6 Å². The first-order valence-electron chi connectivity index (χ1n) is 6.00. The molecule has 4 heteroatoms. The highest BCUT2D eigenvalue weighted by molar-refractivity contribution is 6.33. The standard InChI is InChI=1S/C15H15ClN2O/c1-11-5-4-6-12(9-11)18-15(19)10-17-14-8-3-2-7-13(14)16/h2-9,17H,10H2,1H3,(H,18,19). The van der Waals surface area contributed by atoms with Crippen LogP contribution in [0.15, 0.2) is 48.5 Å². The van der Waals surface area contributed by atoms with Crippen molar-refractivity contribution in [1.82, 2.24) is 0 Å².